The standard InChI is InChI=1S/C35H43ClN2O4S/c1-5-38(6-2,24-28-20-26(3)19-27(4)21-28)18-8-7-17-37(23-30-12-10-14-34-35(30)42-25-41-34)43(39,40)31-15-16-32-29(22-31)11-9-13-33(32)36/h9-16,19-22H,5-8,17-18,23-25H2,1-4H3,(H-,39,40)/p+1. The lowest BCUT2D eigenvalue weighted by atomic mass is 10.1. The number of aryl methyl sites for hydroxylation is 2. The Bertz CT molecular complexity index is 1550. The average Bonchev–Trinajstić information content (AvgIpc) is 3.47. The molecular formula is C35H44ClN2O4S+. The predicted octanol–water partition coefficient (Wildman–Crippen LogP) is 9.20. The van der Waals surface area contributed by atoms with Crippen molar-refractivity contribution in [2.24, 2.45) is 0 Å². The normalized spacial score (nSPS) is 13.7. The quantitative estimate of drug-likeness (QED) is 0.115. The zero-order valence-corrected chi connectivity index (χ0v) is 27.3. The van der Waals surface area contributed by atoms with Crippen molar-refractivity contribution in [2.75, 3.05) is 33.0 Å². The summed E-state index contributed by atoms with van der Waals surface area (Å²) in [5.41, 5.74) is 4.87. The number of nitrogens with zero attached hydrogens (tertiary/aromatic N) is 2. The second-order valence-electron chi connectivity index (χ2n) is 11.7. The molecule has 1 aliphatic heterocycles. The second-order valence-corrected chi connectivity index (χ2v) is 14.1. The van der Waals surface area contributed by atoms with Crippen LogP contribution in [0.3, 0.4) is 0 Å². The summed E-state index contributed by atoms with van der Waals surface area (Å²) in [6.45, 7) is 14.0. The third-order valence-corrected chi connectivity index (χ3v) is 11.0. The van der Waals surface area contributed by atoms with Gasteiger partial charge in [0, 0.05) is 34.6 Å². The maximum Gasteiger partial charge on any atom is 0.231 e. The van der Waals surface area contributed by atoms with Crippen molar-refractivity contribution < 1.29 is 23.1 Å². The Morgan fingerprint density at radius 2 is 1.63 bits per heavy atom. The van der Waals surface area contributed by atoms with Crippen LogP contribution in [0.5, 0.6) is 11.5 Å². The Morgan fingerprint density at radius 1 is 0.884 bits per heavy atom. The molecule has 2 N–H and O–H groups in total. The summed E-state index contributed by atoms with van der Waals surface area (Å²) in [6.07, 6.45) is 1.80. The van der Waals surface area contributed by atoms with Crippen LogP contribution in [0.4, 0.5) is 0 Å². The molecule has 230 valence electrons. The summed E-state index contributed by atoms with van der Waals surface area (Å²) in [6, 6.07) is 23.8. The highest BCUT2D eigenvalue weighted by molar-refractivity contribution is 8.22. The maximum absolute atomic E-state index is 11.8. The minimum atomic E-state index is -3.32. The summed E-state index contributed by atoms with van der Waals surface area (Å²) in [5.74, 6) is 1.36. The molecule has 0 radical (unpaired) electrons. The van der Waals surface area contributed by atoms with E-state index in [2.05, 4.69) is 45.9 Å². The van der Waals surface area contributed by atoms with Gasteiger partial charge in [0.05, 0.1) is 24.5 Å². The molecular weight excluding hydrogens is 580 g/mol. The molecule has 0 unspecified atom stereocenters. The van der Waals surface area contributed by atoms with E-state index in [-0.39, 0.29) is 6.79 Å². The van der Waals surface area contributed by atoms with Crippen molar-refractivity contribution in [2.45, 2.75) is 58.5 Å². The molecule has 4 aromatic carbocycles. The first kappa shape index (κ1) is 31.6. The van der Waals surface area contributed by atoms with Crippen molar-refractivity contribution in [3.63, 3.8) is 0 Å². The maximum atomic E-state index is 11.8. The fourth-order valence-corrected chi connectivity index (χ4v) is 8.05. The van der Waals surface area contributed by atoms with Crippen LogP contribution in [0.2, 0.25) is 5.02 Å². The van der Waals surface area contributed by atoms with Gasteiger partial charge >= 0.3 is 0 Å². The number of para-hydroxylation sites is 1. The van der Waals surface area contributed by atoms with Crippen LogP contribution in [0.1, 0.15) is 48.9 Å². The topological polar surface area (TPSA) is 62.2 Å². The Morgan fingerprint density at radius 3 is 2.37 bits per heavy atom. The van der Waals surface area contributed by atoms with E-state index >= 15 is 0 Å². The fourth-order valence-electron chi connectivity index (χ4n) is 6.27. The van der Waals surface area contributed by atoms with Gasteiger partial charge in [-0.2, -0.15) is 4.31 Å². The van der Waals surface area contributed by atoms with Crippen molar-refractivity contribution in [1.82, 2.24) is 4.31 Å². The van der Waals surface area contributed by atoms with Crippen LogP contribution in [0, 0.1) is 13.8 Å². The van der Waals surface area contributed by atoms with E-state index in [0.717, 1.165) is 59.8 Å². The molecule has 0 saturated carbocycles. The van der Waals surface area contributed by atoms with Gasteiger partial charge in [-0.1, -0.05) is 71.3 Å². The van der Waals surface area contributed by atoms with E-state index in [4.69, 9.17) is 21.1 Å². The van der Waals surface area contributed by atoms with Crippen LogP contribution in [0.25, 0.3) is 10.8 Å². The summed E-state index contributed by atoms with van der Waals surface area (Å²) in [7, 11) is -3.32. The lowest BCUT2D eigenvalue weighted by molar-refractivity contribution is -0.938. The zero-order chi connectivity index (χ0) is 30.6. The Kier molecular flexibility index (Phi) is 9.91. The van der Waals surface area contributed by atoms with E-state index in [1.54, 1.807) is 6.07 Å². The largest absolute Gasteiger partial charge is 0.454 e. The van der Waals surface area contributed by atoms with Crippen LogP contribution < -0.4 is 9.47 Å². The lowest BCUT2D eigenvalue weighted by Gasteiger charge is -2.43. The third kappa shape index (κ3) is 7.14. The number of unbranched alkanes of at least 4 members (excludes halogenated alkanes) is 1. The molecule has 0 fully saturated rings. The number of rotatable bonds is 13. The van der Waals surface area contributed by atoms with Gasteiger partial charge in [0.1, 0.15) is 6.54 Å². The first-order valence-corrected chi connectivity index (χ1v) is 17.0. The van der Waals surface area contributed by atoms with Crippen molar-refractivity contribution in [3.05, 3.63) is 100 Å². The number of quaternary nitrogens is 1. The molecule has 43 heavy (non-hydrogen) atoms. The van der Waals surface area contributed by atoms with Crippen LogP contribution in [0.15, 0.2) is 77.7 Å². The highest BCUT2D eigenvalue weighted by Gasteiger charge is 2.29. The lowest BCUT2D eigenvalue weighted by Crippen LogP contribution is -2.47. The molecule has 0 atom stereocenters. The number of benzene rings is 4. The molecule has 6 nitrogen and oxygen atoms in total. The van der Waals surface area contributed by atoms with Gasteiger partial charge in [-0.05, 0) is 70.2 Å². The van der Waals surface area contributed by atoms with E-state index in [1.807, 2.05) is 52.8 Å². The molecule has 8 heteroatoms. The summed E-state index contributed by atoms with van der Waals surface area (Å²) in [5, 5.41) is 2.41. The van der Waals surface area contributed by atoms with Crippen LogP contribution >= 0.6 is 22.4 Å². The van der Waals surface area contributed by atoms with Gasteiger partial charge in [-0.25, -0.2) is 0 Å². The molecule has 0 amide bonds. The number of hydrogen-bond donors (Lipinski definition) is 2. The van der Waals surface area contributed by atoms with Crippen LogP contribution in [-0.2, 0) is 13.1 Å². The summed E-state index contributed by atoms with van der Waals surface area (Å²) < 4.78 is 37.9. The minimum absolute atomic E-state index is 0.169. The van der Waals surface area contributed by atoms with E-state index in [9.17, 15) is 9.11 Å². The highest BCUT2D eigenvalue weighted by atomic mass is 35.5. The van der Waals surface area contributed by atoms with Crippen LogP contribution in [-0.4, -0.2) is 50.9 Å². The third-order valence-electron chi connectivity index (χ3n) is 8.73. The highest BCUT2D eigenvalue weighted by Crippen LogP contribution is 2.54. The first-order chi connectivity index (χ1) is 20.6. The van der Waals surface area contributed by atoms with Crippen molar-refractivity contribution in [3.8, 4) is 11.5 Å². The van der Waals surface area contributed by atoms with Gasteiger partial charge in [0.15, 0.2) is 11.5 Å². The Labute approximate surface area is 262 Å². The van der Waals surface area contributed by atoms with Crippen molar-refractivity contribution in [1.29, 1.82) is 0 Å². The first-order valence-electron chi connectivity index (χ1n) is 15.2. The minimum Gasteiger partial charge on any atom is -0.454 e. The van der Waals surface area contributed by atoms with Gasteiger partial charge in [-0.15, -0.1) is 10.8 Å². The zero-order valence-electron chi connectivity index (χ0n) is 25.7. The average molecular weight is 624 g/mol. The van der Waals surface area contributed by atoms with E-state index in [1.165, 1.54) is 16.7 Å². The molecule has 0 aromatic heterocycles. The second kappa shape index (κ2) is 13.5. The molecule has 0 bridgehead atoms. The van der Waals surface area contributed by atoms with Gasteiger partial charge < -0.3 is 14.0 Å². The van der Waals surface area contributed by atoms with Gasteiger partial charge in [0.25, 0.3) is 0 Å². The molecule has 1 aliphatic rings. The summed E-state index contributed by atoms with van der Waals surface area (Å²) in [4.78, 5) is 0.481. The Balaban J connectivity index is 1.36. The SMILES string of the molecule is CC[N+](CC)(CCCCN(Cc1cccc2c1OCO2)S(O)(O)c1ccc2c(Cl)cccc2c1)Cc1cc(C)cc(C)c1. The fraction of sp³-hybridized carbons (Fsp3) is 0.371. The molecule has 5 rings (SSSR count). The predicted molar refractivity (Wildman–Crippen MR) is 178 cm³/mol. The molecule has 0 saturated heterocycles. The van der Waals surface area contributed by atoms with E-state index < -0.39 is 10.8 Å². The van der Waals surface area contributed by atoms with Gasteiger partial charge in [-0.3, -0.25) is 9.11 Å². The number of ether oxygens (including phenoxy) is 2. The number of hydrogen-bond acceptors (Lipinski definition) is 5. The van der Waals surface area contributed by atoms with E-state index in [0.29, 0.717) is 34.5 Å². The smallest absolute Gasteiger partial charge is 0.231 e. The molecule has 0 spiro atoms. The number of fused-ring (bicyclic) bond motifs is 2. The molecule has 1 heterocycles. The molecule has 4 aromatic rings. The van der Waals surface area contributed by atoms with Crippen molar-refractivity contribution >= 4 is 33.1 Å². The Hall–Kier alpha value is -2.78. The summed E-state index contributed by atoms with van der Waals surface area (Å²) >= 11 is 6.40. The molecule has 0 aliphatic carbocycles. The number of halogens is 1. The van der Waals surface area contributed by atoms with Gasteiger partial charge in [0.2, 0.25) is 6.79 Å². The monoisotopic (exact) mass is 623 g/mol.